The van der Waals surface area contributed by atoms with Crippen molar-refractivity contribution in [2.45, 2.75) is 24.1 Å². The quantitative estimate of drug-likeness (QED) is 0.721. The molecule has 0 unspecified atom stereocenters. The van der Waals surface area contributed by atoms with Crippen molar-refractivity contribution in [3.63, 3.8) is 0 Å². The number of aromatic nitrogens is 1. The van der Waals surface area contributed by atoms with Crippen LogP contribution in [-0.2, 0) is 26.9 Å². The zero-order valence-electron chi connectivity index (χ0n) is 14.3. The van der Waals surface area contributed by atoms with Gasteiger partial charge < -0.3 is 9.88 Å². The van der Waals surface area contributed by atoms with Gasteiger partial charge in [-0.25, -0.2) is 12.8 Å². The lowest BCUT2D eigenvalue weighted by molar-refractivity contribution is -0.121. The molecule has 0 bridgehead atoms. The van der Waals surface area contributed by atoms with E-state index in [4.69, 9.17) is 0 Å². The molecule has 0 aliphatic carbocycles. The van der Waals surface area contributed by atoms with Crippen molar-refractivity contribution in [2.75, 3.05) is 6.54 Å². The van der Waals surface area contributed by atoms with Crippen molar-refractivity contribution in [3.05, 3.63) is 66.1 Å². The highest BCUT2D eigenvalue weighted by Gasteiger charge is 2.22. The molecule has 0 spiro atoms. The molecule has 3 aromatic rings. The van der Waals surface area contributed by atoms with Crippen LogP contribution in [-0.4, -0.2) is 25.4 Å². The van der Waals surface area contributed by atoms with Crippen LogP contribution in [0.4, 0.5) is 4.39 Å². The maximum Gasteiger partial charge on any atom is 0.239 e. The van der Waals surface area contributed by atoms with Gasteiger partial charge in [0.25, 0.3) is 0 Å². The number of nitrogens with one attached hydrogen (secondary N) is 1. The third-order valence-corrected chi connectivity index (χ3v) is 5.75. The van der Waals surface area contributed by atoms with Gasteiger partial charge in [-0.05, 0) is 30.7 Å². The number of carbonyl (C=O) groups is 1. The smallest absolute Gasteiger partial charge is 0.239 e. The largest absolute Gasteiger partial charge is 0.355 e. The molecule has 0 fully saturated rings. The first-order valence-electron chi connectivity index (χ1n) is 8.22. The van der Waals surface area contributed by atoms with Crippen LogP contribution >= 0.6 is 0 Å². The molecular formula is C19H19FN2O3S. The molecule has 0 atom stereocenters. The van der Waals surface area contributed by atoms with Gasteiger partial charge in [-0.1, -0.05) is 30.3 Å². The summed E-state index contributed by atoms with van der Waals surface area (Å²) in [6, 6.07) is 12.5. The van der Waals surface area contributed by atoms with Gasteiger partial charge in [0.15, 0.2) is 9.84 Å². The van der Waals surface area contributed by atoms with Crippen molar-refractivity contribution in [1.29, 1.82) is 0 Å². The predicted molar refractivity (Wildman–Crippen MR) is 97.9 cm³/mol. The van der Waals surface area contributed by atoms with Gasteiger partial charge in [0.2, 0.25) is 5.91 Å². The molecule has 0 aliphatic rings. The number of hydrogen-bond donors (Lipinski definition) is 1. The van der Waals surface area contributed by atoms with E-state index in [1.54, 1.807) is 28.8 Å². The van der Waals surface area contributed by atoms with E-state index in [1.807, 2.05) is 6.92 Å². The Kier molecular flexibility index (Phi) is 5.08. The lowest BCUT2D eigenvalue weighted by Crippen LogP contribution is -2.26. The first-order chi connectivity index (χ1) is 12.4. The number of rotatable bonds is 6. The number of carbonyl (C=O) groups excluding carboxylic acids is 1. The molecule has 5 nitrogen and oxygen atoms in total. The number of halogens is 1. The van der Waals surface area contributed by atoms with E-state index in [0.717, 1.165) is 0 Å². The van der Waals surface area contributed by atoms with Crippen molar-refractivity contribution in [1.82, 2.24) is 9.88 Å². The lowest BCUT2D eigenvalue weighted by Gasteiger charge is -2.05. The number of benzene rings is 2. The molecule has 0 saturated heterocycles. The van der Waals surface area contributed by atoms with E-state index < -0.39 is 15.7 Å². The number of amides is 1. The zero-order valence-corrected chi connectivity index (χ0v) is 15.1. The number of sulfone groups is 1. The van der Waals surface area contributed by atoms with Gasteiger partial charge in [-0.3, -0.25) is 4.79 Å². The minimum Gasteiger partial charge on any atom is -0.355 e. The number of nitrogens with zero attached hydrogens (tertiary/aromatic N) is 1. The molecule has 1 heterocycles. The van der Waals surface area contributed by atoms with Crippen molar-refractivity contribution < 1.29 is 17.6 Å². The van der Waals surface area contributed by atoms with Crippen LogP contribution in [0.3, 0.4) is 0 Å². The van der Waals surface area contributed by atoms with E-state index in [2.05, 4.69) is 5.32 Å². The molecule has 26 heavy (non-hydrogen) atoms. The Hall–Kier alpha value is -2.67. The normalized spacial score (nSPS) is 11.6. The molecule has 2 aromatic carbocycles. The second-order valence-corrected chi connectivity index (χ2v) is 7.94. The Balaban J connectivity index is 2.01. The van der Waals surface area contributed by atoms with Gasteiger partial charge in [-0.15, -0.1) is 0 Å². The Morgan fingerprint density at radius 3 is 2.50 bits per heavy atom. The number of para-hydroxylation sites is 1. The van der Waals surface area contributed by atoms with E-state index in [1.165, 1.54) is 30.5 Å². The molecular weight excluding hydrogens is 355 g/mol. The fourth-order valence-electron chi connectivity index (χ4n) is 2.88. The van der Waals surface area contributed by atoms with Gasteiger partial charge in [0.05, 0.1) is 10.6 Å². The zero-order chi connectivity index (χ0) is 18.7. The first-order valence-corrected chi connectivity index (χ1v) is 9.87. The van der Waals surface area contributed by atoms with Crippen molar-refractivity contribution in [3.8, 4) is 0 Å². The van der Waals surface area contributed by atoms with Crippen molar-refractivity contribution in [2.24, 2.45) is 0 Å². The summed E-state index contributed by atoms with van der Waals surface area (Å²) in [6.45, 7) is 2.37. The number of fused-ring (bicyclic) bond motifs is 1. The van der Waals surface area contributed by atoms with Crippen LogP contribution in [0.15, 0.2) is 59.6 Å². The van der Waals surface area contributed by atoms with E-state index in [9.17, 15) is 17.6 Å². The molecule has 1 N–H and O–H groups in total. The molecule has 136 valence electrons. The first kappa shape index (κ1) is 18.1. The Morgan fingerprint density at radius 1 is 1.12 bits per heavy atom. The Labute approximate surface area is 151 Å². The topological polar surface area (TPSA) is 68.2 Å². The van der Waals surface area contributed by atoms with Crippen LogP contribution in [0.5, 0.6) is 0 Å². The summed E-state index contributed by atoms with van der Waals surface area (Å²) in [5, 5.41) is 3.28. The van der Waals surface area contributed by atoms with E-state index in [0.29, 0.717) is 23.0 Å². The summed E-state index contributed by atoms with van der Waals surface area (Å²) in [5.74, 6) is -0.831. The highest BCUT2D eigenvalue weighted by atomic mass is 32.2. The van der Waals surface area contributed by atoms with Crippen molar-refractivity contribution >= 4 is 26.6 Å². The van der Waals surface area contributed by atoms with Crippen LogP contribution in [0.2, 0.25) is 0 Å². The van der Waals surface area contributed by atoms with E-state index in [-0.39, 0.29) is 23.1 Å². The lowest BCUT2D eigenvalue weighted by atomic mass is 10.2. The molecule has 0 saturated carbocycles. The monoisotopic (exact) mass is 374 g/mol. The molecule has 1 aromatic heterocycles. The SMILES string of the molecule is CCNC(=O)Cn1cc(S(=O)(=O)Cc2ccc(F)cc2)c2ccccc21. The van der Waals surface area contributed by atoms with Gasteiger partial charge in [0, 0.05) is 23.6 Å². The second-order valence-electron chi connectivity index (χ2n) is 5.98. The van der Waals surface area contributed by atoms with Gasteiger partial charge in [0.1, 0.15) is 12.4 Å². The molecule has 3 rings (SSSR count). The third kappa shape index (κ3) is 3.77. The Morgan fingerprint density at radius 2 is 1.81 bits per heavy atom. The molecule has 1 amide bonds. The summed E-state index contributed by atoms with van der Waals surface area (Å²) in [6.07, 6.45) is 1.50. The standard InChI is InChI=1S/C19H19FN2O3S/c1-2-21-19(23)12-22-11-18(16-5-3-4-6-17(16)22)26(24,25)13-14-7-9-15(20)10-8-14/h3-11H,2,12-13H2,1H3,(H,21,23). The molecule has 0 radical (unpaired) electrons. The minimum absolute atomic E-state index is 0.0421. The van der Waals surface area contributed by atoms with Crippen LogP contribution < -0.4 is 5.32 Å². The highest BCUT2D eigenvalue weighted by Crippen LogP contribution is 2.28. The number of likely N-dealkylation sites (N-methyl/N-ethyl adjacent to an activating group) is 1. The molecule has 7 heteroatoms. The summed E-state index contributed by atoms with van der Waals surface area (Å²) < 4.78 is 40.5. The maximum atomic E-state index is 13.0. The number of hydrogen-bond acceptors (Lipinski definition) is 3. The second kappa shape index (κ2) is 7.29. The van der Waals surface area contributed by atoms with E-state index >= 15 is 0 Å². The maximum absolute atomic E-state index is 13.0. The van der Waals surface area contributed by atoms with Crippen LogP contribution in [0, 0.1) is 5.82 Å². The van der Waals surface area contributed by atoms with Crippen LogP contribution in [0.1, 0.15) is 12.5 Å². The fraction of sp³-hybridized carbons (Fsp3) is 0.211. The summed E-state index contributed by atoms with van der Waals surface area (Å²) >= 11 is 0. The summed E-state index contributed by atoms with van der Waals surface area (Å²) in [4.78, 5) is 12.1. The van der Waals surface area contributed by atoms with Gasteiger partial charge >= 0.3 is 0 Å². The average Bonchev–Trinajstić information content (AvgIpc) is 2.97. The fourth-order valence-corrected chi connectivity index (χ4v) is 4.46. The third-order valence-electron chi connectivity index (χ3n) is 4.04. The predicted octanol–water partition coefficient (Wildman–Crippen LogP) is 2.89. The van der Waals surface area contributed by atoms with Crippen LogP contribution in [0.25, 0.3) is 10.9 Å². The summed E-state index contributed by atoms with van der Waals surface area (Å²) in [5.41, 5.74) is 1.18. The summed E-state index contributed by atoms with van der Waals surface area (Å²) in [7, 11) is -3.66. The molecule has 0 aliphatic heterocycles. The average molecular weight is 374 g/mol. The Bertz CT molecular complexity index is 1040. The van der Waals surface area contributed by atoms with Gasteiger partial charge in [-0.2, -0.15) is 0 Å². The minimum atomic E-state index is -3.66. The highest BCUT2D eigenvalue weighted by molar-refractivity contribution is 7.90.